The summed E-state index contributed by atoms with van der Waals surface area (Å²) in [4.78, 5) is 43.2. The molecule has 1 amide bonds. The van der Waals surface area contributed by atoms with Crippen LogP contribution in [0.1, 0.15) is 18.7 Å². The second-order valence-corrected chi connectivity index (χ2v) is 6.69. The molecule has 1 aromatic heterocycles. The van der Waals surface area contributed by atoms with Gasteiger partial charge in [0.25, 0.3) is 11.5 Å². The Hall–Kier alpha value is -3.88. The topological polar surface area (TPSA) is 120 Å². The molecule has 162 valence electrons. The van der Waals surface area contributed by atoms with Gasteiger partial charge in [0.2, 0.25) is 0 Å². The van der Waals surface area contributed by atoms with E-state index in [-0.39, 0.29) is 12.0 Å². The number of nitrogens with one attached hydrogen (secondary N) is 2. The Morgan fingerprint density at radius 1 is 1.06 bits per heavy atom. The first-order valence-corrected chi connectivity index (χ1v) is 9.65. The highest BCUT2D eigenvalue weighted by atomic mass is 16.5. The third-order valence-electron chi connectivity index (χ3n) is 4.46. The van der Waals surface area contributed by atoms with Crippen molar-refractivity contribution >= 4 is 28.5 Å². The number of aryl methyl sites for hydroxylation is 1. The van der Waals surface area contributed by atoms with E-state index in [0.717, 1.165) is 0 Å². The normalized spacial score (nSPS) is 10.5. The van der Waals surface area contributed by atoms with Gasteiger partial charge in [-0.25, -0.2) is 4.98 Å². The van der Waals surface area contributed by atoms with Gasteiger partial charge in [-0.2, -0.15) is 0 Å². The Bertz CT molecular complexity index is 1120. The number of benzene rings is 2. The highest BCUT2D eigenvalue weighted by Gasteiger charge is 2.11. The van der Waals surface area contributed by atoms with Crippen molar-refractivity contribution in [3.05, 3.63) is 58.6 Å². The molecule has 31 heavy (non-hydrogen) atoms. The van der Waals surface area contributed by atoms with Crippen molar-refractivity contribution in [2.24, 2.45) is 0 Å². The monoisotopic (exact) mass is 425 g/mol. The molecule has 2 aromatic carbocycles. The highest BCUT2D eigenvalue weighted by Crippen LogP contribution is 2.25. The number of H-pyrrole nitrogens is 1. The largest absolute Gasteiger partial charge is 0.497 e. The molecule has 0 saturated carbocycles. The van der Waals surface area contributed by atoms with E-state index in [2.05, 4.69) is 15.3 Å². The molecule has 2 N–H and O–H groups in total. The minimum atomic E-state index is -0.512. The van der Waals surface area contributed by atoms with Gasteiger partial charge in [0.15, 0.2) is 6.61 Å². The summed E-state index contributed by atoms with van der Waals surface area (Å²) in [7, 11) is 3.01. The molecule has 0 aliphatic rings. The molecule has 9 nitrogen and oxygen atoms in total. The van der Waals surface area contributed by atoms with Crippen molar-refractivity contribution < 1.29 is 23.8 Å². The summed E-state index contributed by atoms with van der Waals surface area (Å²) < 4.78 is 15.3. The van der Waals surface area contributed by atoms with Gasteiger partial charge in [-0.1, -0.05) is 12.1 Å². The number of fused-ring (bicyclic) bond motifs is 1. The summed E-state index contributed by atoms with van der Waals surface area (Å²) in [5.41, 5.74) is 0.854. The number of hydrogen-bond acceptors (Lipinski definition) is 7. The van der Waals surface area contributed by atoms with Crippen LogP contribution in [0.15, 0.2) is 47.3 Å². The van der Waals surface area contributed by atoms with Crippen LogP contribution in [0.2, 0.25) is 0 Å². The van der Waals surface area contributed by atoms with Gasteiger partial charge in [-0.15, -0.1) is 0 Å². The maximum atomic E-state index is 12.1. The second kappa shape index (κ2) is 10.2. The predicted molar refractivity (Wildman–Crippen MR) is 114 cm³/mol. The number of aromatic nitrogens is 2. The molecular formula is C22H23N3O6. The number of para-hydroxylation sites is 1. The van der Waals surface area contributed by atoms with Gasteiger partial charge >= 0.3 is 5.97 Å². The van der Waals surface area contributed by atoms with Gasteiger partial charge < -0.3 is 24.5 Å². The lowest BCUT2D eigenvalue weighted by Crippen LogP contribution is -2.21. The molecule has 0 aliphatic carbocycles. The summed E-state index contributed by atoms with van der Waals surface area (Å²) in [5, 5.41) is 3.14. The average molecular weight is 425 g/mol. The fraction of sp³-hybridized carbons (Fsp3) is 0.273. The molecule has 0 atom stereocenters. The fourth-order valence-corrected chi connectivity index (χ4v) is 2.95. The van der Waals surface area contributed by atoms with E-state index < -0.39 is 18.5 Å². The molecule has 9 heteroatoms. The number of aromatic amines is 1. The Morgan fingerprint density at radius 2 is 1.77 bits per heavy atom. The van der Waals surface area contributed by atoms with Crippen LogP contribution in [0.3, 0.4) is 0 Å². The number of carbonyl (C=O) groups excluding carboxylic acids is 2. The highest BCUT2D eigenvalue weighted by molar-refractivity contribution is 5.93. The number of rotatable bonds is 9. The zero-order valence-electron chi connectivity index (χ0n) is 17.3. The van der Waals surface area contributed by atoms with E-state index in [1.807, 2.05) is 6.07 Å². The Labute approximate surface area is 178 Å². The summed E-state index contributed by atoms with van der Waals surface area (Å²) in [6.07, 6.45) is 0.927. The summed E-state index contributed by atoms with van der Waals surface area (Å²) in [6, 6.07) is 12.0. The SMILES string of the molecule is COc1cc(NC(=O)COC(=O)CCCc2nc3ccccc3c(=O)[nH]2)cc(OC)c1. The van der Waals surface area contributed by atoms with Gasteiger partial charge in [0.1, 0.15) is 17.3 Å². The third-order valence-corrected chi connectivity index (χ3v) is 4.46. The van der Waals surface area contributed by atoms with Gasteiger partial charge in [-0.3, -0.25) is 14.4 Å². The maximum absolute atomic E-state index is 12.1. The number of amides is 1. The van der Waals surface area contributed by atoms with E-state index >= 15 is 0 Å². The number of esters is 1. The van der Waals surface area contributed by atoms with Gasteiger partial charge in [0, 0.05) is 36.7 Å². The number of carbonyl (C=O) groups is 2. The van der Waals surface area contributed by atoms with Gasteiger partial charge in [-0.05, 0) is 18.6 Å². The molecule has 0 bridgehead atoms. The molecule has 3 aromatic rings. The minimum Gasteiger partial charge on any atom is -0.497 e. The first-order chi connectivity index (χ1) is 15.0. The molecule has 0 aliphatic heterocycles. The smallest absolute Gasteiger partial charge is 0.306 e. The minimum absolute atomic E-state index is 0.0940. The van der Waals surface area contributed by atoms with Crippen LogP contribution in [-0.4, -0.2) is 42.7 Å². The van der Waals surface area contributed by atoms with Crippen molar-refractivity contribution in [2.75, 3.05) is 26.1 Å². The number of hydrogen-bond donors (Lipinski definition) is 2. The zero-order valence-corrected chi connectivity index (χ0v) is 17.3. The summed E-state index contributed by atoms with van der Waals surface area (Å²) >= 11 is 0. The Morgan fingerprint density at radius 3 is 2.48 bits per heavy atom. The van der Waals surface area contributed by atoms with E-state index in [1.54, 1.807) is 36.4 Å². The predicted octanol–water partition coefficient (Wildman–Crippen LogP) is 2.44. The van der Waals surface area contributed by atoms with Crippen LogP contribution >= 0.6 is 0 Å². The molecular weight excluding hydrogens is 402 g/mol. The molecule has 0 saturated heterocycles. The van der Waals surface area contributed by atoms with E-state index in [0.29, 0.717) is 46.8 Å². The van der Waals surface area contributed by atoms with Crippen LogP contribution in [0.25, 0.3) is 10.9 Å². The lowest BCUT2D eigenvalue weighted by molar-refractivity contribution is -0.147. The number of anilines is 1. The zero-order chi connectivity index (χ0) is 22.2. The molecule has 0 unspecified atom stereocenters. The molecule has 0 fully saturated rings. The van der Waals surface area contributed by atoms with Crippen LogP contribution in [-0.2, 0) is 20.7 Å². The van der Waals surface area contributed by atoms with Crippen molar-refractivity contribution in [1.82, 2.24) is 9.97 Å². The summed E-state index contributed by atoms with van der Waals surface area (Å²) in [5.74, 6) is 0.547. The quantitative estimate of drug-likeness (QED) is 0.505. The average Bonchev–Trinajstić information content (AvgIpc) is 2.77. The lowest BCUT2D eigenvalue weighted by atomic mass is 10.2. The first kappa shape index (κ1) is 21.8. The fourth-order valence-electron chi connectivity index (χ4n) is 2.95. The van der Waals surface area contributed by atoms with Crippen LogP contribution < -0.4 is 20.3 Å². The summed E-state index contributed by atoms with van der Waals surface area (Å²) in [6.45, 7) is -0.413. The molecule has 1 heterocycles. The van der Waals surface area contributed by atoms with E-state index in [1.165, 1.54) is 14.2 Å². The second-order valence-electron chi connectivity index (χ2n) is 6.69. The van der Waals surface area contributed by atoms with Crippen LogP contribution in [0, 0.1) is 0 Å². The van der Waals surface area contributed by atoms with Crippen molar-refractivity contribution in [2.45, 2.75) is 19.3 Å². The number of ether oxygens (including phenoxy) is 3. The molecule has 0 spiro atoms. The molecule has 3 rings (SSSR count). The Balaban J connectivity index is 1.45. The van der Waals surface area contributed by atoms with Crippen LogP contribution in [0.4, 0.5) is 5.69 Å². The Kier molecular flexibility index (Phi) is 7.21. The standard InChI is InChI=1S/C22H23N3O6/c1-29-15-10-14(11-16(12-15)30-2)23-20(26)13-31-21(27)9-5-8-19-24-18-7-4-3-6-17(18)22(28)25-19/h3-4,6-7,10-12H,5,8-9,13H2,1-2H3,(H,23,26)(H,24,25,28). The van der Waals surface area contributed by atoms with Gasteiger partial charge in [0.05, 0.1) is 25.1 Å². The maximum Gasteiger partial charge on any atom is 0.306 e. The first-order valence-electron chi connectivity index (χ1n) is 9.65. The number of methoxy groups -OCH3 is 2. The van der Waals surface area contributed by atoms with Crippen molar-refractivity contribution in [3.63, 3.8) is 0 Å². The van der Waals surface area contributed by atoms with E-state index in [4.69, 9.17) is 14.2 Å². The van der Waals surface area contributed by atoms with Crippen LogP contribution in [0.5, 0.6) is 11.5 Å². The van der Waals surface area contributed by atoms with Crippen molar-refractivity contribution in [1.29, 1.82) is 0 Å². The van der Waals surface area contributed by atoms with E-state index in [9.17, 15) is 14.4 Å². The van der Waals surface area contributed by atoms with Crippen molar-refractivity contribution in [3.8, 4) is 11.5 Å². The third kappa shape index (κ3) is 6.05. The lowest BCUT2D eigenvalue weighted by Gasteiger charge is -2.10. The number of nitrogens with zero attached hydrogens (tertiary/aromatic N) is 1. The molecule has 0 radical (unpaired) electrons.